The molecule has 0 bridgehead atoms. The second-order valence-corrected chi connectivity index (χ2v) is 8.43. The summed E-state index contributed by atoms with van der Waals surface area (Å²) in [6, 6.07) is 13.9. The highest BCUT2D eigenvalue weighted by atomic mass is 79.9. The van der Waals surface area contributed by atoms with Crippen molar-refractivity contribution in [3.63, 3.8) is 0 Å². The molecule has 0 radical (unpaired) electrons. The number of rotatable bonds is 6. The van der Waals surface area contributed by atoms with Crippen LogP contribution in [-0.2, 0) is 9.84 Å². The first-order chi connectivity index (χ1) is 12.4. The lowest BCUT2D eigenvalue weighted by molar-refractivity contribution is 0.579. The molecule has 0 aliphatic rings. The number of benzene rings is 2. The standard InChI is InChI=1S/C19H17BrN2O3S/c1-3-11-21-18-19(26(23,24)16-9-7-15(20)8-10-16)22-17(25-18)14-6-4-5-13(2)12-14/h3-10,12,21H,1,11H2,2H3. The normalized spacial score (nSPS) is 11.3. The highest BCUT2D eigenvalue weighted by Gasteiger charge is 2.28. The molecule has 0 aliphatic carbocycles. The van der Waals surface area contributed by atoms with Crippen molar-refractivity contribution >= 4 is 31.7 Å². The van der Waals surface area contributed by atoms with Crippen LogP contribution in [-0.4, -0.2) is 19.9 Å². The van der Waals surface area contributed by atoms with Crippen LogP contribution in [0.1, 0.15) is 5.56 Å². The predicted molar refractivity (Wildman–Crippen MR) is 105 cm³/mol. The molecular formula is C19H17BrN2O3S. The van der Waals surface area contributed by atoms with Crippen LogP contribution in [0.25, 0.3) is 11.5 Å². The van der Waals surface area contributed by atoms with Gasteiger partial charge in [-0.25, -0.2) is 8.42 Å². The third-order valence-corrected chi connectivity index (χ3v) is 5.85. The summed E-state index contributed by atoms with van der Waals surface area (Å²) in [5.74, 6) is 0.347. The second kappa shape index (κ2) is 7.47. The van der Waals surface area contributed by atoms with Crippen LogP contribution in [0.5, 0.6) is 0 Å². The van der Waals surface area contributed by atoms with Gasteiger partial charge < -0.3 is 9.73 Å². The van der Waals surface area contributed by atoms with E-state index in [2.05, 4.69) is 32.8 Å². The summed E-state index contributed by atoms with van der Waals surface area (Å²) in [5, 5.41) is 2.78. The van der Waals surface area contributed by atoms with E-state index in [9.17, 15) is 8.42 Å². The Morgan fingerprint density at radius 3 is 2.62 bits per heavy atom. The Morgan fingerprint density at radius 1 is 1.23 bits per heavy atom. The first-order valence-corrected chi connectivity index (χ1v) is 10.1. The molecule has 0 spiro atoms. The molecule has 0 atom stereocenters. The lowest BCUT2D eigenvalue weighted by Crippen LogP contribution is -2.07. The third kappa shape index (κ3) is 3.73. The number of sulfone groups is 1. The van der Waals surface area contributed by atoms with Crippen molar-refractivity contribution in [3.8, 4) is 11.5 Å². The topological polar surface area (TPSA) is 72.2 Å². The summed E-state index contributed by atoms with van der Waals surface area (Å²) in [6.07, 6.45) is 1.62. The second-order valence-electron chi connectivity index (χ2n) is 5.65. The molecule has 0 unspecified atom stereocenters. The van der Waals surface area contributed by atoms with E-state index in [4.69, 9.17) is 4.42 Å². The Kier molecular flexibility index (Phi) is 5.29. The van der Waals surface area contributed by atoms with E-state index in [0.717, 1.165) is 10.0 Å². The largest absolute Gasteiger partial charge is 0.419 e. The molecule has 1 heterocycles. The van der Waals surface area contributed by atoms with Gasteiger partial charge in [-0.1, -0.05) is 39.7 Å². The van der Waals surface area contributed by atoms with E-state index in [1.807, 2.05) is 31.2 Å². The van der Waals surface area contributed by atoms with E-state index >= 15 is 0 Å². The minimum atomic E-state index is -3.84. The van der Waals surface area contributed by atoms with Crippen molar-refractivity contribution in [2.45, 2.75) is 16.8 Å². The Balaban J connectivity index is 2.12. The number of aromatic nitrogens is 1. The summed E-state index contributed by atoms with van der Waals surface area (Å²) in [7, 11) is -3.84. The van der Waals surface area contributed by atoms with Gasteiger partial charge in [0.15, 0.2) is 0 Å². The SMILES string of the molecule is C=CCNc1oc(-c2cccc(C)c2)nc1S(=O)(=O)c1ccc(Br)cc1. The van der Waals surface area contributed by atoms with Gasteiger partial charge in [0.25, 0.3) is 0 Å². The number of nitrogens with one attached hydrogen (secondary N) is 1. The molecule has 26 heavy (non-hydrogen) atoms. The summed E-state index contributed by atoms with van der Waals surface area (Å²) in [5.41, 5.74) is 1.74. The molecule has 5 nitrogen and oxygen atoms in total. The van der Waals surface area contributed by atoms with Crippen LogP contribution < -0.4 is 5.32 Å². The monoisotopic (exact) mass is 432 g/mol. The molecular weight excluding hydrogens is 416 g/mol. The molecule has 134 valence electrons. The summed E-state index contributed by atoms with van der Waals surface area (Å²) >= 11 is 3.31. The van der Waals surface area contributed by atoms with Gasteiger partial charge in [0, 0.05) is 16.6 Å². The molecule has 0 aliphatic heterocycles. The lowest BCUT2D eigenvalue weighted by Gasteiger charge is -2.04. The predicted octanol–water partition coefficient (Wildman–Crippen LogP) is 4.84. The molecule has 0 fully saturated rings. The zero-order valence-corrected chi connectivity index (χ0v) is 16.5. The van der Waals surface area contributed by atoms with Crippen molar-refractivity contribution < 1.29 is 12.8 Å². The Bertz CT molecular complexity index is 1040. The molecule has 1 N–H and O–H groups in total. The molecule has 3 aromatic rings. The van der Waals surface area contributed by atoms with Gasteiger partial charge in [0.2, 0.25) is 26.6 Å². The van der Waals surface area contributed by atoms with E-state index in [1.54, 1.807) is 18.2 Å². The molecule has 0 saturated carbocycles. The average Bonchev–Trinajstić information content (AvgIpc) is 3.05. The number of hydrogen-bond donors (Lipinski definition) is 1. The number of nitrogens with zero attached hydrogens (tertiary/aromatic N) is 1. The quantitative estimate of drug-likeness (QED) is 0.563. The first kappa shape index (κ1) is 18.4. The Morgan fingerprint density at radius 2 is 1.96 bits per heavy atom. The van der Waals surface area contributed by atoms with Crippen LogP contribution in [0, 0.1) is 6.92 Å². The van der Waals surface area contributed by atoms with Gasteiger partial charge >= 0.3 is 0 Å². The first-order valence-electron chi connectivity index (χ1n) is 7.85. The van der Waals surface area contributed by atoms with Gasteiger partial charge in [-0.2, -0.15) is 4.98 Å². The summed E-state index contributed by atoms with van der Waals surface area (Å²) in [6.45, 7) is 5.93. The number of aryl methyl sites for hydroxylation is 1. The fraction of sp³-hybridized carbons (Fsp3) is 0.105. The van der Waals surface area contributed by atoms with Crippen molar-refractivity contribution in [2.24, 2.45) is 0 Å². The Labute approximate surface area is 160 Å². The van der Waals surface area contributed by atoms with Crippen LogP contribution >= 0.6 is 15.9 Å². The smallest absolute Gasteiger partial charge is 0.234 e. The van der Waals surface area contributed by atoms with E-state index < -0.39 is 9.84 Å². The van der Waals surface area contributed by atoms with Gasteiger partial charge in [-0.15, -0.1) is 6.58 Å². The zero-order valence-electron chi connectivity index (χ0n) is 14.1. The van der Waals surface area contributed by atoms with E-state index in [1.165, 1.54) is 12.1 Å². The maximum Gasteiger partial charge on any atom is 0.234 e. The fourth-order valence-corrected chi connectivity index (χ4v) is 3.93. The number of hydrogen-bond acceptors (Lipinski definition) is 5. The molecule has 1 aromatic heterocycles. The molecule has 7 heteroatoms. The van der Waals surface area contributed by atoms with Gasteiger partial charge in [0.1, 0.15) is 0 Å². The maximum absolute atomic E-state index is 13.0. The van der Waals surface area contributed by atoms with Gasteiger partial charge in [-0.3, -0.25) is 0 Å². The summed E-state index contributed by atoms with van der Waals surface area (Å²) < 4.78 is 32.6. The fourth-order valence-electron chi connectivity index (χ4n) is 2.39. The highest BCUT2D eigenvalue weighted by molar-refractivity contribution is 9.10. The Hall–Kier alpha value is -2.38. The van der Waals surface area contributed by atoms with Gasteiger partial charge in [-0.05, 0) is 43.3 Å². The minimum Gasteiger partial charge on any atom is -0.419 e. The van der Waals surface area contributed by atoms with E-state index in [0.29, 0.717) is 12.1 Å². The van der Waals surface area contributed by atoms with Crippen LogP contribution in [0.15, 0.2) is 80.0 Å². The van der Waals surface area contributed by atoms with Crippen molar-refractivity contribution in [1.29, 1.82) is 0 Å². The molecule has 3 rings (SSSR count). The number of oxazole rings is 1. The maximum atomic E-state index is 13.0. The minimum absolute atomic E-state index is 0.101. The van der Waals surface area contributed by atoms with Gasteiger partial charge in [0.05, 0.1) is 4.90 Å². The average molecular weight is 433 g/mol. The molecule has 0 amide bonds. The number of halogens is 1. The van der Waals surface area contributed by atoms with Crippen LogP contribution in [0.2, 0.25) is 0 Å². The number of anilines is 1. The van der Waals surface area contributed by atoms with E-state index in [-0.39, 0.29) is 21.7 Å². The lowest BCUT2D eigenvalue weighted by atomic mass is 10.1. The third-order valence-electron chi connectivity index (χ3n) is 3.65. The van der Waals surface area contributed by atoms with Crippen molar-refractivity contribution in [1.82, 2.24) is 4.98 Å². The molecule has 0 saturated heterocycles. The van der Waals surface area contributed by atoms with Crippen LogP contribution in [0.4, 0.5) is 5.88 Å². The highest BCUT2D eigenvalue weighted by Crippen LogP contribution is 2.32. The van der Waals surface area contributed by atoms with Crippen molar-refractivity contribution in [3.05, 3.63) is 71.2 Å². The summed E-state index contributed by atoms with van der Waals surface area (Å²) in [4.78, 5) is 4.43. The van der Waals surface area contributed by atoms with Crippen LogP contribution in [0.3, 0.4) is 0 Å². The zero-order chi connectivity index (χ0) is 18.7. The molecule has 2 aromatic carbocycles. The van der Waals surface area contributed by atoms with Crippen molar-refractivity contribution in [2.75, 3.05) is 11.9 Å².